The molecule has 5 nitrogen and oxygen atoms in total. The standard InChI is InChI=1S/C26H30N4OS/c1-2-12-29-13-15-30(16-14-29)25(20-8-10-21(11-9-20)26(27)31)22-5-3-6-23(18-22)28-19-24-7-4-17-32-24/h2-11,17-18,25,28H,1,12-16,19H2,(H2,27,31)/t25-/m1/s1. The summed E-state index contributed by atoms with van der Waals surface area (Å²) in [7, 11) is 0. The second-order valence-electron chi connectivity index (χ2n) is 8.07. The van der Waals surface area contributed by atoms with Gasteiger partial charge in [-0.15, -0.1) is 17.9 Å². The van der Waals surface area contributed by atoms with Crippen molar-refractivity contribution in [2.24, 2.45) is 5.73 Å². The minimum atomic E-state index is -0.397. The predicted molar refractivity (Wildman–Crippen MR) is 133 cm³/mol. The van der Waals surface area contributed by atoms with Crippen LogP contribution < -0.4 is 11.1 Å². The lowest BCUT2D eigenvalue weighted by Gasteiger charge is -2.39. The first-order chi connectivity index (χ1) is 15.6. The van der Waals surface area contributed by atoms with Gasteiger partial charge >= 0.3 is 0 Å². The average molecular weight is 447 g/mol. The minimum absolute atomic E-state index is 0.117. The van der Waals surface area contributed by atoms with E-state index in [9.17, 15) is 4.79 Å². The van der Waals surface area contributed by atoms with Crippen LogP contribution in [0.1, 0.15) is 32.4 Å². The van der Waals surface area contributed by atoms with Gasteiger partial charge in [-0.3, -0.25) is 14.6 Å². The van der Waals surface area contributed by atoms with E-state index in [1.165, 1.54) is 16.0 Å². The zero-order valence-electron chi connectivity index (χ0n) is 18.2. The van der Waals surface area contributed by atoms with E-state index in [-0.39, 0.29) is 6.04 Å². The van der Waals surface area contributed by atoms with E-state index in [0.717, 1.165) is 45.0 Å². The van der Waals surface area contributed by atoms with Crippen molar-refractivity contribution in [3.05, 3.63) is 100 Å². The van der Waals surface area contributed by atoms with Gasteiger partial charge in [-0.25, -0.2) is 0 Å². The molecule has 3 aromatic rings. The Morgan fingerprint density at radius 2 is 1.84 bits per heavy atom. The fourth-order valence-corrected chi connectivity index (χ4v) is 4.90. The molecule has 4 rings (SSSR count). The lowest BCUT2D eigenvalue weighted by atomic mass is 9.95. The van der Waals surface area contributed by atoms with E-state index >= 15 is 0 Å². The molecule has 0 aliphatic carbocycles. The number of carbonyl (C=O) groups is 1. The summed E-state index contributed by atoms with van der Waals surface area (Å²) in [6.07, 6.45) is 1.97. The molecule has 2 heterocycles. The van der Waals surface area contributed by atoms with E-state index in [4.69, 9.17) is 5.73 Å². The number of hydrogen-bond donors (Lipinski definition) is 2. The molecular formula is C26H30N4OS. The van der Waals surface area contributed by atoms with Crippen molar-refractivity contribution in [3.8, 4) is 0 Å². The maximum Gasteiger partial charge on any atom is 0.248 e. The number of nitrogens with one attached hydrogen (secondary N) is 1. The third kappa shape index (κ3) is 5.46. The molecule has 0 radical (unpaired) electrons. The van der Waals surface area contributed by atoms with Gasteiger partial charge < -0.3 is 11.1 Å². The molecular weight excluding hydrogens is 416 g/mol. The molecule has 3 N–H and O–H groups in total. The topological polar surface area (TPSA) is 61.6 Å². The van der Waals surface area contributed by atoms with Crippen LogP contribution in [0.5, 0.6) is 0 Å². The Hall–Kier alpha value is -2.93. The smallest absolute Gasteiger partial charge is 0.248 e. The molecule has 6 heteroatoms. The van der Waals surface area contributed by atoms with Gasteiger partial charge in [0, 0.05) is 55.4 Å². The lowest BCUT2D eigenvalue weighted by molar-refractivity contribution is 0.1000. The summed E-state index contributed by atoms with van der Waals surface area (Å²) in [6.45, 7) is 9.59. The lowest BCUT2D eigenvalue weighted by Crippen LogP contribution is -2.47. The van der Waals surface area contributed by atoms with Crippen LogP contribution >= 0.6 is 11.3 Å². The summed E-state index contributed by atoms with van der Waals surface area (Å²) in [6, 6.07) is 20.7. The number of anilines is 1. The van der Waals surface area contributed by atoms with E-state index < -0.39 is 5.91 Å². The highest BCUT2D eigenvalue weighted by Crippen LogP contribution is 2.31. The quantitative estimate of drug-likeness (QED) is 0.480. The van der Waals surface area contributed by atoms with Gasteiger partial charge in [0.15, 0.2) is 0 Å². The van der Waals surface area contributed by atoms with Crippen LogP contribution in [0.15, 0.2) is 78.7 Å². The SMILES string of the molecule is C=CCN1CCN([C@H](c2ccc(C(N)=O)cc2)c2cccc(NCc3cccs3)c2)CC1. The van der Waals surface area contributed by atoms with Gasteiger partial charge in [-0.1, -0.05) is 36.4 Å². The molecule has 0 bridgehead atoms. The van der Waals surface area contributed by atoms with Crippen LogP contribution in [0.25, 0.3) is 0 Å². The van der Waals surface area contributed by atoms with E-state index in [1.807, 2.05) is 30.3 Å². The summed E-state index contributed by atoms with van der Waals surface area (Å²) in [4.78, 5) is 17.8. The summed E-state index contributed by atoms with van der Waals surface area (Å²) >= 11 is 1.76. The van der Waals surface area contributed by atoms with Crippen LogP contribution in [-0.4, -0.2) is 48.4 Å². The van der Waals surface area contributed by atoms with Gasteiger partial charge in [0.25, 0.3) is 0 Å². The van der Waals surface area contributed by atoms with Crippen LogP contribution in [0, 0.1) is 0 Å². The van der Waals surface area contributed by atoms with Crippen molar-refractivity contribution >= 4 is 22.9 Å². The molecule has 0 spiro atoms. The molecule has 2 aromatic carbocycles. The predicted octanol–water partition coefficient (Wildman–Crippen LogP) is 4.35. The average Bonchev–Trinajstić information content (AvgIpc) is 3.34. The number of thiophene rings is 1. The molecule has 1 aromatic heterocycles. The van der Waals surface area contributed by atoms with Gasteiger partial charge in [0.2, 0.25) is 5.91 Å². The fourth-order valence-electron chi connectivity index (χ4n) is 4.25. The zero-order chi connectivity index (χ0) is 22.3. The molecule has 1 amide bonds. The van der Waals surface area contributed by atoms with Gasteiger partial charge in [-0.2, -0.15) is 0 Å². The number of nitrogens with two attached hydrogens (primary N) is 1. The van der Waals surface area contributed by atoms with Crippen molar-refractivity contribution in [2.45, 2.75) is 12.6 Å². The second kappa shape index (κ2) is 10.6. The van der Waals surface area contributed by atoms with Crippen LogP contribution in [-0.2, 0) is 6.54 Å². The number of rotatable bonds is 9. The Bertz CT molecular complexity index is 1020. The molecule has 1 aliphatic rings. The maximum absolute atomic E-state index is 11.6. The number of piperazine rings is 1. The molecule has 1 aliphatic heterocycles. The van der Waals surface area contributed by atoms with E-state index in [2.05, 4.69) is 63.5 Å². The molecule has 0 unspecified atom stereocenters. The molecule has 1 fully saturated rings. The zero-order valence-corrected chi connectivity index (χ0v) is 19.1. The van der Waals surface area contributed by atoms with Crippen molar-refractivity contribution < 1.29 is 4.79 Å². The number of carbonyl (C=O) groups excluding carboxylic acids is 1. The Labute approximate surface area is 194 Å². The molecule has 1 saturated heterocycles. The van der Waals surface area contributed by atoms with Gasteiger partial charge in [-0.05, 0) is 46.8 Å². The molecule has 32 heavy (non-hydrogen) atoms. The Kier molecular flexibility index (Phi) is 7.37. The monoisotopic (exact) mass is 446 g/mol. The summed E-state index contributed by atoms with van der Waals surface area (Å²) < 4.78 is 0. The molecule has 0 saturated carbocycles. The van der Waals surface area contributed by atoms with E-state index in [0.29, 0.717) is 5.56 Å². The summed E-state index contributed by atoms with van der Waals surface area (Å²) in [5, 5.41) is 5.66. The highest BCUT2D eigenvalue weighted by molar-refractivity contribution is 7.09. The largest absolute Gasteiger partial charge is 0.380 e. The van der Waals surface area contributed by atoms with E-state index in [1.54, 1.807) is 11.3 Å². The van der Waals surface area contributed by atoms with Crippen molar-refractivity contribution in [1.82, 2.24) is 9.80 Å². The maximum atomic E-state index is 11.6. The first kappa shape index (κ1) is 22.3. The first-order valence-electron chi connectivity index (χ1n) is 11.0. The van der Waals surface area contributed by atoms with Crippen molar-refractivity contribution in [3.63, 3.8) is 0 Å². The normalized spacial score (nSPS) is 15.9. The van der Waals surface area contributed by atoms with Crippen molar-refractivity contribution in [1.29, 1.82) is 0 Å². The Morgan fingerprint density at radius 3 is 2.50 bits per heavy atom. The van der Waals surface area contributed by atoms with Gasteiger partial charge in [0.05, 0.1) is 6.04 Å². The number of benzene rings is 2. The van der Waals surface area contributed by atoms with Gasteiger partial charge in [0.1, 0.15) is 0 Å². The number of hydrogen-bond acceptors (Lipinski definition) is 5. The third-order valence-electron chi connectivity index (χ3n) is 5.92. The highest BCUT2D eigenvalue weighted by Gasteiger charge is 2.26. The number of nitrogens with zero attached hydrogens (tertiary/aromatic N) is 2. The highest BCUT2D eigenvalue weighted by atomic mass is 32.1. The summed E-state index contributed by atoms with van der Waals surface area (Å²) in [5.41, 5.74) is 9.52. The number of amides is 1. The minimum Gasteiger partial charge on any atom is -0.380 e. The van der Waals surface area contributed by atoms with Crippen molar-refractivity contribution in [2.75, 3.05) is 38.0 Å². The Balaban J connectivity index is 1.59. The van der Waals surface area contributed by atoms with Crippen LogP contribution in [0.3, 0.4) is 0 Å². The molecule has 166 valence electrons. The Morgan fingerprint density at radius 1 is 1.06 bits per heavy atom. The fraction of sp³-hybridized carbons (Fsp3) is 0.269. The third-order valence-corrected chi connectivity index (χ3v) is 6.80. The number of primary amides is 1. The van der Waals surface area contributed by atoms with Crippen LogP contribution in [0.4, 0.5) is 5.69 Å². The molecule has 1 atom stereocenters. The second-order valence-corrected chi connectivity index (χ2v) is 9.10. The first-order valence-corrected chi connectivity index (χ1v) is 11.9. The van der Waals surface area contributed by atoms with Crippen LogP contribution in [0.2, 0.25) is 0 Å². The summed E-state index contributed by atoms with van der Waals surface area (Å²) in [5.74, 6) is -0.397.